The molecule has 0 unspecified atom stereocenters. The smallest absolute Gasteiger partial charge is 0.255 e. The Bertz CT molecular complexity index is 882. The van der Waals surface area contributed by atoms with Crippen LogP contribution in [0.1, 0.15) is 5.56 Å². The first-order chi connectivity index (χ1) is 12.7. The molecule has 0 aliphatic heterocycles. The summed E-state index contributed by atoms with van der Waals surface area (Å²) in [5.41, 5.74) is 6.95. The standard InChI is InChI=1S/C17H17N5O3S/c1-24-14-7-5-13(6-8-14)22-17(19-20-21-22)26-11-12-3-2-4-15(9-12)25-10-16(18)23/h2-9H,10-11H2,1H3,(H2,18,23). The summed E-state index contributed by atoms with van der Waals surface area (Å²) in [7, 11) is 1.62. The lowest BCUT2D eigenvalue weighted by atomic mass is 10.2. The van der Waals surface area contributed by atoms with E-state index in [-0.39, 0.29) is 6.61 Å². The molecule has 0 atom stereocenters. The molecule has 2 N–H and O–H groups in total. The van der Waals surface area contributed by atoms with Gasteiger partial charge in [-0.25, -0.2) is 0 Å². The van der Waals surface area contributed by atoms with E-state index in [1.165, 1.54) is 11.8 Å². The van der Waals surface area contributed by atoms with E-state index < -0.39 is 5.91 Å². The lowest BCUT2D eigenvalue weighted by molar-refractivity contribution is -0.119. The average Bonchev–Trinajstić information content (AvgIpc) is 3.14. The average molecular weight is 371 g/mol. The van der Waals surface area contributed by atoms with E-state index in [4.69, 9.17) is 15.2 Å². The Kier molecular flexibility index (Phi) is 5.69. The number of hydrogen-bond acceptors (Lipinski definition) is 7. The van der Waals surface area contributed by atoms with E-state index in [2.05, 4.69) is 15.5 Å². The number of aromatic nitrogens is 4. The number of hydrogen-bond donors (Lipinski definition) is 1. The van der Waals surface area contributed by atoms with Gasteiger partial charge in [0.1, 0.15) is 11.5 Å². The van der Waals surface area contributed by atoms with Gasteiger partial charge in [0.25, 0.3) is 5.91 Å². The molecule has 1 heterocycles. The first-order valence-corrected chi connectivity index (χ1v) is 8.70. The Labute approximate surface area is 154 Å². The van der Waals surface area contributed by atoms with Crippen LogP contribution in [-0.4, -0.2) is 39.8 Å². The van der Waals surface area contributed by atoms with Crippen LogP contribution >= 0.6 is 11.8 Å². The number of tetrazole rings is 1. The van der Waals surface area contributed by atoms with Crippen LogP contribution < -0.4 is 15.2 Å². The minimum absolute atomic E-state index is 0.147. The maximum atomic E-state index is 10.8. The number of carbonyl (C=O) groups is 1. The Morgan fingerprint density at radius 2 is 2.00 bits per heavy atom. The number of carbonyl (C=O) groups excluding carboxylic acids is 1. The SMILES string of the molecule is COc1ccc(-n2nnnc2SCc2cccc(OCC(N)=O)c2)cc1. The number of amides is 1. The zero-order valence-corrected chi connectivity index (χ0v) is 14.8. The van der Waals surface area contributed by atoms with Gasteiger partial charge in [-0.15, -0.1) is 5.10 Å². The Morgan fingerprint density at radius 1 is 1.19 bits per heavy atom. The van der Waals surface area contributed by atoms with Crippen LogP contribution in [0.2, 0.25) is 0 Å². The van der Waals surface area contributed by atoms with Crippen molar-refractivity contribution in [3.05, 3.63) is 54.1 Å². The van der Waals surface area contributed by atoms with Gasteiger partial charge in [0.2, 0.25) is 5.16 Å². The molecule has 0 radical (unpaired) electrons. The van der Waals surface area contributed by atoms with Gasteiger partial charge in [0.05, 0.1) is 12.8 Å². The molecule has 0 fully saturated rings. The molecule has 0 aliphatic rings. The minimum atomic E-state index is -0.511. The highest BCUT2D eigenvalue weighted by Gasteiger charge is 2.10. The lowest BCUT2D eigenvalue weighted by Gasteiger charge is -2.07. The molecule has 3 aromatic rings. The van der Waals surface area contributed by atoms with Gasteiger partial charge in [-0.2, -0.15) is 4.68 Å². The highest BCUT2D eigenvalue weighted by Crippen LogP contribution is 2.25. The molecule has 3 rings (SSSR count). The molecule has 134 valence electrons. The minimum Gasteiger partial charge on any atom is -0.497 e. The summed E-state index contributed by atoms with van der Waals surface area (Å²) in [6, 6.07) is 14.9. The number of benzene rings is 2. The molecule has 8 nitrogen and oxygen atoms in total. The molecule has 0 bridgehead atoms. The van der Waals surface area contributed by atoms with E-state index >= 15 is 0 Å². The fourth-order valence-electron chi connectivity index (χ4n) is 2.18. The Morgan fingerprint density at radius 3 is 2.73 bits per heavy atom. The molecule has 0 saturated heterocycles. The van der Waals surface area contributed by atoms with Crippen molar-refractivity contribution in [1.82, 2.24) is 20.2 Å². The molecule has 1 aromatic heterocycles. The second kappa shape index (κ2) is 8.34. The third-order valence-electron chi connectivity index (χ3n) is 3.41. The van der Waals surface area contributed by atoms with Crippen molar-refractivity contribution in [1.29, 1.82) is 0 Å². The number of thioether (sulfide) groups is 1. The lowest BCUT2D eigenvalue weighted by Crippen LogP contribution is -2.20. The fourth-order valence-corrected chi connectivity index (χ4v) is 3.02. The van der Waals surface area contributed by atoms with Gasteiger partial charge in [-0.3, -0.25) is 4.79 Å². The van der Waals surface area contributed by atoms with Crippen LogP contribution in [0.3, 0.4) is 0 Å². The van der Waals surface area contributed by atoms with Crippen molar-refractivity contribution in [2.75, 3.05) is 13.7 Å². The monoisotopic (exact) mass is 371 g/mol. The number of rotatable bonds is 8. The predicted molar refractivity (Wildman–Crippen MR) is 96.4 cm³/mol. The van der Waals surface area contributed by atoms with Crippen molar-refractivity contribution < 1.29 is 14.3 Å². The number of primary amides is 1. The summed E-state index contributed by atoms with van der Waals surface area (Å²) >= 11 is 1.49. The summed E-state index contributed by atoms with van der Waals surface area (Å²) in [5, 5.41) is 12.5. The summed E-state index contributed by atoms with van der Waals surface area (Å²) in [5.74, 6) is 1.49. The molecule has 1 amide bonds. The van der Waals surface area contributed by atoms with Crippen LogP contribution in [0.5, 0.6) is 11.5 Å². The Hall–Kier alpha value is -3.07. The molecule has 0 spiro atoms. The van der Waals surface area contributed by atoms with Crippen molar-refractivity contribution in [3.63, 3.8) is 0 Å². The summed E-state index contributed by atoms with van der Waals surface area (Å²) in [6.45, 7) is -0.147. The van der Waals surface area contributed by atoms with Crippen molar-refractivity contribution in [2.45, 2.75) is 10.9 Å². The van der Waals surface area contributed by atoms with Gasteiger partial charge >= 0.3 is 0 Å². The van der Waals surface area contributed by atoms with Crippen molar-refractivity contribution in [2.24, 2.45) is 5.73 Å². The van der Waals surface area contributed by atoms with Crippen LogP contribution in [0, 0.1) is 0 Å². The molecular formula is C17H17N5O3S. The maximum absolute atomic E-state index is 10.8. The summed E-state index contributed by atoms with van der Waals surface area (Å²) < 4.78 is 12.1. The van der Waals surface area contributed by atoms with Crippen molar-refractivity contribution in [3.8, 4) is 17.2 Å². The zero-order valence-electron chi connectivity index (χ0n) is 14.0. The normalized spacial score (nSPS) is 10.5. The quantitative estimate of drug-likeness (QED) is 0.602. The zero-order chi connectivity index (χ0) is 18.4. The Balaban J connectivity index is 1.68. The molecule has 26 heavy (non-hydrogen) atoms. The van der Waals surface area contributed by atoms with E-state index in [1.54, 1.807) is 17.9 Å². The third kappa shape index (κ3) is 4.51. The van der Waals surface area contributed by atoms with Crippen LogP contribution in [-0.2, 0) is 10.5 Å². The number of nitrogens with zero attached hydrogens (tertiary/aromatic N) is 4. The van der Waals surface area contributed by atoms with E-state index in [0.717, 1.165) is 17.0 Å². The second-order valence-corrected chi connectivity index (χ2v) is 6.20. The third-order valence-corrected chi connectivity index (χ3v) is 4.40. The fraction of sp³-hybridized carbons (Fsp3) is 0.176. The molecular weight excluding hydrogens is 354 g/mol. The number of nitrogens with two attached hydrogens (primary N) is 1. The highest BCUT2D eigenvalue weighted by molar-refractivity contribution is 7.98. The largest absolute Gasteiger partial charge is 0.497 e. The summed E-state index contributed by atoms with van der Waals surface area (Å²) in [6.07, 6.45) is 0. The topological polar surface area (TPSA) is 105 Å². The number of methoxy groups -OCH3 is 1. The van der Waals surface area contributed by atoms with Crippen LogP contribution in [0.15, 0.2) is 53.7 Å². The highest BCUT2D eigenvalue weighted by atomic mass is 32.2. The maximum Gasteiger partial charge on any atom is 0.255 e. The van der Waals surface area contributed by atoms with E-state index in [0.29, 0.717) is 16.7 Å². The molecule has 0 aliphatic carbocycles. The first-order valence-electron chi connectivity index (χ1n) is 7.71. The molecule has 9 heteroatoms. The van der Waals surface area contributed by atoms with E-state index in [9.17, 15) is 4.79 Å². The van der Waals surface area contributed by atoms with Gasteiger partial charge in [0, 0.05) is 5.75 Å². The van der Waals surface area contributed by atoms with Gasteiger partial charge < -0.3 is 15.2 Å². The summed E-state index contributed by atoms with van der Waals surface area (Å²) in [4.78, 5) is 10.8. The second-order valence-electron chi connectivity index (χ2n) is 5.26. The molecule has 2 aromatic carbocycles. The van der Waals surface area contributed by atoms with E-state index in [1.807, 2.05) is 42.5 Å². The van der Waals surface area contributed by atoms with Crippen molar-refractivity contribution >= 4 is 17.7 Å². The first kappa shape index (κ1) is 17.7. The van der Waals surface area contributed by atoms with Gasteiger partial charge in [-0.1, -0.05) is 23.9 Å². The molecule has 0 saturated carbocycles. The van der Waals surface area contributed by atoms with Gasteiger partial charge in [0.15, 0.2) is 6.61 Å². The van der Waals surface area contributed by atoms with Crippen LogP contribution in [0.25, 0.3) is 5.69 Å². The predicted octanol–water partition coefficient (Wildman–Crippen LogP) is 1.83. The van der Waals surface area contributed by atoms with Crippen LogP contribution in [0.4, 0.5) is 0 Å². The number of ether oxygens (including phenoxy) is 2. The van der Waals surface area contributed by atoms with Gasteiger partial charge in [-0.05, 0) is 52.4 Å².